The SMILES string of the molecule is CCC(C)CC(=O)N1CCCC1COC(C)C. The second kappa shape index (κ2) is 7.00. The summed E-state index contributed by atoms with van der Waals surface area (Å²) in [6.45, 7) is 9.99. The number of carbonyl (C=O) groups excluding carboxylic acids is 1. The van der Waals surface area contributed by atoms with Crippen LogP contribution in [0.15, 0.2) is 0 Å². The first-order valence-corrected chi connectivity index (χ1v) is 6.95. The van der Waals surface area contributed by atoms with Crippen molar-refractivity contribution in [2.24, 2.45) is 5.92 Å². The fourth-order valence-corrected chi connectivity index (χ4v) is 2.20. The van der Waals surface area contributed by atoms with E-state index in [2.05, 4.69) is 13.8 Å². The van der Waals surface area contributed by atoms with Gasteiger partial charge in [-0.2, -0.15) is 0 Å². The molecule has 1 heterocycles. The average Bonchev–Trinajstić information content (AvgIpc) is 2.74. The van der Waals surface area contributed by atoms with Crippen molar-refractivity contribution in [3.05, 3.63) is 0 Å². The molecule has 2 atom stereocenters. The van der Waals surface area contributed by atoms with Crippen LogP contribution in [-0.2, 0) is 9.53 Å². The summed E-state index contributed by atoms with van der Waals surface area (Å²) in [5.74, 6) is 0.809. The summed E-state index contributed by atoms with van der Waals surface area (Å²) in [6.07, 6.45) is 4.24. The van der Waals surface area contributed by atoms with Gasteiger partial charge in [0.2, 0.25) is 5.91 Å². The summed E-state index contributed by atoms with van der Waals surface area (Å²) < 4.78 is 5.64. The van der Waals surface area contributed by atoms with E-state index in [1.54, 1.807) is 0 Å². The summed E-state index contributed by atoms with van der Waals surface area (Å²) in [5, 5.41) is 0. The zero-order chi connectivity index (χ0) is 12.8. The molecule has 3 nitrogen and oxygen atoms in total. The van der Waals surface area contributed by atoms with Gasteiger partial charge in [-0.15, -0.1) is 0 Å². The predicted molar refractivity (Wildman–Crippen MR) is 69.9 cm³/mol. The standard InChI is InChI=1S/C14H27NO2/c1-5-12(4)9-14(16)15-8-6-7-13(15)10-17-11(2)3/h11-13H,5-10H2,1-4H3. The normalized spacial score (nSPS) is 22.2. The van der Waals surface area contributed by atoms with E-state index in [4.69, 9.17) is 4.74 Å². The van der Waals surface area contributed by atoms with Crippen LogP contribution < -0.4 is 0 Å². The summed E-state index contributed by atoms with van der Waals surface area (Å²) in [4.78, 5) is 14.2. The minimum atomic E-state index is 0.252. The van der Waals surface area contributed by atoms with Crippen molar-refractivity contribution < 1.29 is 9.53 Å². The van der Waals surface area contributed by atoms with Crippen molar-refractivity contribution >= 4 is 5.91 Å². The maximum Gasteiger partial charge on any atom is 0.223 e. The highest BCUT2D eigenvalue weighted by Gasteiger charge is 2.29. The number of amides is 1. The van der Waals surface area contributed by atoms with Gasteiger partial charge in [0.1, 0.15) is 0 Å². The van der Waals surface area contributed by atoms with Gasteiger partial charge < -0.3 is 9.64 Å². The second-order valence-corrected chi connectivity index (χ2v) is 5.48. The zero-order valence-electron chi connectivity index (χ0n) is 11.7. The van der Waals surface area contributed by atoms with Gasteiger partial charge in [0, 0.05) is 13.0 Å². The molecular weight excluding hydrogens is 214 g/mol. The van der Waals surface area contributed by atoms with Crippen LogP contribution in [0.2, 0.25) is 0 Å². The lowest BCUT2D eigenvalue weighted by molar-refractivity contribution is -0.134. The van der Waals surface area contributed by atoms with Gasteiger partial charge in [0.15, 0.2) is 0 Å². The molecule has 1 fully saturated rings. The number of nitrogens with zero attached hydrogens (tertiary/aromatic N) is 1. The molecule has 1 aliphatic heterocycles. The Hall–Kier alpha value is -0.570. The summed E-state index contributed by atoms with van der Waals surface area (Å²) in [6, 6.07) is 0.314. The Balaban J connectivity index is 2.42. The Kier molecular flexibility index (Phi) is 5.96. The molecule has 2 unspecified atom stereocenters. The molecule has 3 heteroatoms. The van der Waals surface area contributed by atoms with Gasteiger partial charge in [-0.1, -0.05) is 20.3 Å². The van der Waals surface area contributed by atoms with Crippen molar-refractivity contribution in [2.75, 3.05) is 13.2 Å². The van der Waals surface area contributed by atoms with Gasteiger partial charge >= 0.3 is 0 Å². The van der Waals surface area contributed by atoms with E-state index in [0.29, 0.717) is 30.9 Å². The third-order valence-corrected chi connectivity index (χ3v) is 3.54. The van der Waals surface area contributed by atoms with Crippen molar-refractivity contribution in [1.29, 1.82) is 0 Å². The maximum absolute atomic E-state index is 12.1. The van der Waals surface area contributed by atoms with Gasteiger partial charge in [-0.25, -0.2) is 0 Å². The molecule has 1 rings (SSSR count). The molecule has 0 radical (unpaired) electrons. The van der Waals surface area contributed by atoms with Crippen LogP contribution in [0, 0.1) is 5.92 Å². The molecule has 1 aliphatic rings. The summed E-state index contributed by atoms with van der Waals surface area (Å²) >= 11 is 0. The van der Waals surface area contributed by atoms with E-state index >= 15 is 0 Å². The van der Waals surface area contributed by atoms with Gasteiger partial charge in [-0.3, -0.25) is 4.79 Å². The fourth-order valence-electron chi connectivity index (χ4n) is 2.20. The minimum Gasteiger partial charge on any atom is -0.377 e. The number of ether oxygens (including phenoxy) is 1. The average molecular weight is 241 g/mol. The third kappa shape index (κ3) is 4.66. The Labute approximate surface area is 106 Å². The van der Waals surface area contributed by atoms with E-state index in [-0.39, 0.29) is 6.10 Å². The van der Waals surface area contributed by atoms with E-state index in [1.807, 2.05) is 18.7 Å². The van der Waals surface area contributed by atoms with Gasteiger partial charge in [0.05, 0.1) is 18.8 Å². The molecule has 0 aromatic carbocycles. The molecule has 0 saturated carbocycles. The van der Waals surface area contributed by atoms with Crippen LogP contribution in [0.1, 0.15) is 53.4 Å². The smallest absolute Gasteiger partial charge is 0.223 e. The number of hydrogen-bond donors (Lipinski definition) is 0. The van der Waals surface area contributed by atoms with Crippen molar-refractivity contribution in [1.82, 2.24) is 4.90 Å². The molecule has 0 aliphatic carbocycles. The Morgan fingerprint density at radius 1 is 1.41 bits per heavy atom. The first-order valence-electron chi connectivity index (χ1n) is 6.95. The first kappa shape index (κ1) is 14.5. The quantitative estimate of drug-likeness (QED) is 0.715. The lowest BCUT2D eigenvalue weighted by Crippen LogP contribution is -2.39. The lowest BCUT2D eigenvalue weighted by Gasteiger charge is -2.26. The van der Waals surface area contributed by atoms with Crippen molar-refractivity contribution in [3.8, 4) is 0 Å². The largest absolute Gasteiger partial charge is 0.377 e. The summed E-state index contributed by atoms with van der Waals surface area (Å²) in [7, 11) is 0. The molecule has 17 heavy (non-hydrogen) atoms. The van der Waals surface area contributed by atoms with E-state index in [9.17, 15) is 4.79 Å². The van der Waals surface area contributed by atoms with Crippen molar-refractivity contribution in [3.63, 3.8) is 0 Å². The number of rotatable bonds is 6. The topological polar surface area (TPSA) is 29.5 Å². The molecule has 1 saturated heterocycles. The highest BCUT2D eigenvalue weighted by atomic mass is 16.5. The fraction of sp³-hybridized carbons (Fsp3) is 0.929. The van der Waals surface area contributed by atoms with E-state index < -0.39 is 0 Å². The molecule has 0 bridgehead atoms. The molecule has 0 spiro atoms. The molecule has 0 N–H and O–H groups in total. The van der Waals surface area contributed by atoms with Crippen molar-refractivity contribution in [2.45, 2.75) is 65.5 Å². The van der Waals surface area contributed by atoms with E-state index in [1.165, 1.54) is 0 Å². The first-order chi connectivity index (χ1) is 8.04. The zero-order valence-corrected chi connectivity index (χ0v) is 11.7. The Morgan fingerprint density at radius 3 is 2.71 bits per heavy atom. The van der Waals surface area contributed by atoms with Crippen LogP contribution in [0.5, 0.6) is 0 Å². The maximum atomic E-state index is 12.1. The highest BCUT2D eigenvalue weighted by Crippen LogP contribution is 2.21. The molecule has 1 amide bonds. The molecule has 100 valence electrons. The van der Waals surface area contributed by atoms with Crippen LogP contribution in [-0.4, -0.2) is 36.1 Å². The Bertz CT molecular complexity index is 240. The molecule has 0 aromatic rings. The predicted octanol–water partition coefficient (Wildman–Crippen LogP) is 2.84. The number of carbonyl (C=O) groups is 1. The van der Waals surface area contributed by atoms with Crippen LogP contribution in [0.25, 0.3) is 0 Å². The summed E-state index contributed by atoms with van der Waals surface area (Å²) in [5.41, 5.74) is 0. The van der Waals surface area contributed by atoms with E-state index in [0.717, 1.165) is 25.8 Å². The van der Waals surface area contributed by atoms with Crippen LogP contribution >= 0.6 is 0 Å². The van der Waals surface area contributed by atoms with Gasteiger partial charge in [-0.05, 0) is 32.6 Å². The molecule has 0 aromatic heterocycles. The van der Waals surface area contributed by atoms with Crippen LogP contribution in [0.3, 0.4) is 0 Å². The number of likely N-dealkylation sites (tertiary alicyclic amines) is 1. The molecular formula is C14H27NO2. The minimum absolute atomic E-state index is 0.252. The lowest BCUT2D eigenvalue weighted by atomic mass is 10.0. The highest BCUT2D eigenvalue weighted by molar-refractivity contribution is 5.77. The van der Waals surface area contributed by atoms with Gasteiger partial charge in [0.25, 0.3) is 0 Å². The van der Waals surface area contributed by atoms with Crippen LogP contribution in [0.4, 0.5) is 0 Å². The second-order valence-electron chi connectivity index (χ2n) is 5.48. The third-order valence-electron chi connectivity index (χ3n) is 3.54. The Morgan fingerprint density at radius 2 is 2.12 bits per heavy atom. The number of hydrogen-bond acceptors (Lipinski definition) is 2. The monoisotopic (exact) mass is 241 g/mol.